The van der Waals surface area contributed by atoms with Crippen LogP contribution in [0.4, 0.5) is 0 Å². The molecule has 102 valence electrons. The Hall–Kier alpha value is -0.830. The van der Waals surface area contributed by atoms with Crippen LogP contribution in [0, 0.1) is 5.92 Å². The minimum Gasteiger partial charge on any atom is -0.312 e. The molecule has 1 atom stereocenters. The first-order valence-electron chi connectivity index (χ1n) is 7.40. The van der Waals surface area contributed by atoms with Crippen LogP contribution in [0.5, 0.6) is 0 Å². The number of hydrogen-bond donors (Lipinski definition) is 1. The van der Waals surface area contributed by atoms with Crippen LogP contribution in [-0.2, 0) is 6.54 Å². The lowest BCUT2D eigenvalue weighted by atomic mass is 10.1. The Labute approximate surface area is 111 Å². The van der Waals surface area contributed by atoms with Gasteiger partial charge >= 0.3 is 0 Å². The Morgan fingerprint density at radius 1 is 1.39 bits per heavy atom. The fourth-order valence-corrected chi connectivity index (χ4v) is 2.37. The zero-order valence-electron chi connectivity index (χ0n) is 12.2. The molecule has 18 heavy (non-hydrogen) atoms. The zero-order valence-corrected chi connectivity index (χ0v) is 12.2. The van der Waals surface area contributed by atoms with Crippen LogP contribution in [0.25, 0.3) is 0 Å². The van der Waals surface area contributed by atoms with Gasteiger partial charge in [0.25, 0.3) is 0 Å². The fraction of sp³-hybridized carbons (Fsp3) is 0.800. The molecule has 1 aromatic heterocycles. The summed E-state index contributed by atoms with van der Waals surface area (Å²) in [4.78, 5) is 0. The molecule has 3 heteroatoms. The average molecular weight is 249 g/mol. The highest BCUT2D eigenvalue weighted by Gasteiger charge is 2.30. The number of nitrogens with one attached hydrogen (secondary N) is 1. The van der Waals surface area contributed by atoms with Crippen LogP contribution in [-0.4, -0.2) is 16.3 Å². The Morgan fingerprint density at radius 3 is 2.67 bits per heavy atom. The number of nitrogens with zero attached hydrogens (tertiary/aromatic N) is 2. The minimum atomic E-state index is 0.527. The molecule has 0 aromatic carbocycles. The molecule has 1 unspecified atom stereocenters. The largest absolute Gasteiger partial charge is 0.312 e. The molecule has 1 heterocycles. The Kier molecular flexibility index (Phi) is 4.44. The van der Waals surface area contributed by atoms with Crippen molar-refractivity contribution in [1.82, 2.24) is 15.1 Å². The van der Waals surface area contributed by atoms with Crippen LogP contribution in [0.15, 0.2) is 6.20 Å². The summed E-state index contributed by atoms with van der Waals surface area (Å²) in [5.41, 5.74) is 2.92. The highest BCUT2D eigenvalue weighted by Crippen LogP contribution is 2.42. The van der Waals surface area contributed by atoms with Crippen molar-refractivity contribution >= 4 is 0 Å². The lowest BCUT2D eigenvalue weighted by Gasteiger charge is -2.15. The molecule has 2 rings (SSSR count). The van der Waals surface area contributed by atoms with Crippen LogP contribution in [0.2, 0.25) is 0 Å². The molecule has 1 aromatic rings. The number of aromatic nitrogens is 2. The predicted molar refractivity (Wildman–Crippen MR) is 75.7 cm³/mol. The molecule has 1 fully saturated rings. The zero-order chi connectivity index (χ0) is 13.1. The second-order valence-corrected chi connectivity index (χ2v) is 6.06. The monoisotopic (exact) mass is 249 g/mol. The molecule has 3 nitrogen and oxygen atoms in total. The van der Waals surface area contributed by atoms with Crippen molar-refractivity contribution in [2.75, 3.05) is 6.54 Å². The van der Waals surface area contributed by atoms with Crippen molar-refractivity contribution in [2.45, 2.75) is 65.5 Å². The van der Waals surface area contributed by atoms with Crippen molar-refractivity contribution in [2.24, 2.45) is 5.92 Å². The molecular weight excluding hydrogens is 222 g/mol. The van der Waals surface area contributed by atoms with Gasteiger partial charge in [-0.2, -0.15) is 5.10 Å². The van der Waals surface area contributed by atoms with Gasteiger partial charge in [0.15, 0.2) is 0 Å². The molecule has 0 radical (unpaired) electrons. The van der Waals surface area contributed by atoms with Crippen molar-refractivity contribution in [1.29, 1.82) is 0 Å². The van der Waals surface area contributed by atoms with Crippen LogP contribution >= 0.6 is 0 Å². The van der Waals surface area contributed by atoms with E-state index in [1.165, 1.54) is 24.1 Å². The van der Waals surface area contributed by atoms with Crippen molar-refractivity contribution in [3.63, 3.8) is 0 Å². The molecular formula is C15H27N3. The standard InChI is InChI=1S/C15H27N3/c1-5-12(4)18-15(13-6-7-13)14(10-17-18)9-16-8-11(2)3/h10-13,16H,5-9H2,1-4H3. The number of hydrogen-bond acceptors (Lipinski definition) is 2. The maximum absolute atomic E-state index is 4.62. The molecule has 0 spiro atoms. The summed E-state index contributed by atoms with van der Waals surface area (Å²) in [6, 6.07) is 0.527. The quantitative estimate of drug-likeness (QED) is 0.802. The van der Waals surface area contributed by atoms with E-state index in [9.17, 15) is 0 Å². The fourth-order valence-electron chi connectivity index (χ4n) is 2.37. The lowest BCUT2D eigenvalue weighted by molar-refractivity contribution is 0.458. The molecule has 1 saturated carbocycles. The molecule has 0 aliphatic heterocycles. The van der Waals surface area contributed by atoms with Crippen LogP contribution < -0.4 is 5.32 Å². The van der Waals surface area contributed by atoms with E-state index >= 15 is 0 Å². The third-order valence-corrected chi connectivity index (χ3v) is 3.75. The van der Waals surface area contributed by atoms with Crippen molar-refractivity contribution < 1.29 is 0 Å². The lowest BCUT2D eigenvalue weighted by Crippen LogP contribution is -2.20. The summed E-state index contributed by atoms with van der Waals surface area (Å²) < 4.78 is 2.27. The molecule has 0 saturated heterocycles. The van der Waals surface area contributed by atoms with Gasteiger partial charge in [0.05, 0.1) is 6.20 Å². The van der Waals surface area contributed by atoms with Gasteiger partial charge < -0.3 is 5.32 Å². The third kappa shape index (κ3) is 3.14. The Morgan fingerprint density at radius 2 is 2.11 bits per heavy atom. The molecule has 1 aliphatic carbocycles. The summed E-state index contributed by atoms with van der Waals surface area (Å²) in [6.07, 6.45) is 5.92. The summed E-state index contributed by atoms with van der Waals surface area (Å²) in [5.74, 6) is 1.48. The first kappa shape index (κ1) is 13.6. The van der Waals surface area contributed by atoms with E-state index in [2.05, 4.69) is 49.0 Å². The van der Waals surface area contributed by atoms with Crippen molar-refractivity contribution in [3.05, 3.63) is 17.5 Å². The van der Waals surface area contributed by atoms with Gasteiger partial charge in [-0.1, -0.05) is 20.8 Å². The summed E-state index contributed by atoms with van der Waals surface area (Å²) >= 11 is 0. The van der Waals surface area contributed by atoms with Crippen molar-refractivity contribution in [3.8, 4) is 0 Å². The SMILES string of the molecule is CCC(C)n1ncc(CNCC(C)C)c1C1CC1. The first-order chi connectivity index (χ1) is 8.63. The van der Waals surface area contributed by atoms with E-state index < -0.39 is 0 Å². The van der Waals surface area contributed by atoms with E-state index in [0.717, 1.165) is 25.4 Å². The normalized spacial score (nSPS) is 17.4. The van der Waals surface area contributed by atoms with Gasteiger partial charge in [0.2, 0.25) is 0 Å². The molecule has 0 amide bonds. The van der Waals surface area contributed by atoms with E-state index in [-0.39, 0.29) is 0 Å². The first-order valence-corrected chi connectivity index (χ1v) is 7.40. The van der Waals surface area contributed by atoms with Gasteiger partial charge in [-0.25, -0.2) is 0 Å². The van der Waals surface area contributed by atoms with E-state index in [1.54, 1.807) is 0 Å². The third-order valence-electron chi connectivity index (χ3n) is 3.75. The second kappa shape index (κ2) is 5.87. The van der Waals surface area contributed by atoms with E-state index in [4.69, 9.17) is 0 Å². The van der Waals surface area contributed by atoms with E-state index in [0.29, 0.717) is 12.0 Å². The molecule has 0 bridgehead atoms. The summed E-state index contributed by atoms with van der Waals surface area (Å²) in [7, 11) is 0. The molecule has 1 N–H and O–H groups in total. The van der Waals surface area contributed by atoms with Gasteiger partial charge in [-0.3, -0.25) is 4.68 Å². The Bertz CT molecular complexity index is 377. The topological polar surface area (TPSA) is 29.9 Å². The van der Waals surface area contributed by atoms with Gasteiger partial charge in [0.1, 0.15) is 0 Å². The minimum absolute atomic E-state index is 0.527. The smallest absolute Gasteiger partial charge is 0.0537 e. The Balaban J connectivity index is 2.07. The molecule has 1 aliphatic rings. The highest BCUT2D eigenvalue weighted by atomic mass is 15.3. The number of rotatable bonds is 7. The maximum atomic E-state index is 4.62. The van der Waals surface area contributed by atoms with Gasteiger partial charge in [0, 0.05) is 29.8 Å². The van der Waals surface area contributed by atoms with Crippen LogP contribution in [0.3, 0.4) is 0 Å². The van der Waals surface area contributed by atoms with Gasteiger partial charge in [-0.05, 0) is 38.6 Å². The average Bonchev–Trinajstić information content (AvgIpc) is 3.09. The maximum Gasteiger partial charge on any atom is 0.0537 e. The highest BCUT2D eigenvalue weighted by molar-refractivity contribution is 5.26. The van der Waals surface area contributed by atoms with Gasteiger partial charge in [-0.15, -0.1) is 0 Å². The second-order valence-electron chi connectivity index (χ2n) is 6.06. The summed E-state index contributed by atoms with van der Waals surface area (Å²) in [6.45, 7) is 11.1. The summed E-state index contributed by atoms with van der Waals surface area (Å²) in [5, 5.41) is 8.16. The van der Waals surface area contributed by atoms with E-state index in [1.807, 2.05) is 0 Å². The predicted octanol–water partition coefficient (Wildman–Crippen LogP) is 3.48. The van der Waals surface area contributed by atoms with Crippen LogP contribution in [0.1, 0.15) is 70.2 Å².